The largest absolute Gasteiger partial charge is 0.504 e. The van der Waals surface area contributed by atoms with Crippen molar-refractivity contribution in [3.63, 3.8) is 0 Å². The summed E-state index contributed by atoms with van der Waals surface area (Å²) in [6, 6.07) is 14.6. The van der Waals surface area contributed by atoms with Crippen LogP contribution in [0.3, 0.4) is 0 Å². The van der Waals surface area contributed by atoms with Crippen LogP contribution in [-0.2, 0) is 47.9 Å². The van der Waals surface area contributed by atoms with Gasteiger partial charge in [-0.2, -0.15) is 0 Å². The number of rotatable bonds is 11. The zero-order valence-electron chi connectivity index (χ0n) is 30.2. The second kappa shape index (κ2) is 18.8. The van der Waals surface area contributed by atoms with Crippen LogP contribution >= 0.6 is 0 Å². The molecule has 4 atom stereocenters. The summed E-state index contributed by atoms with van der Waals surface area (Å²) in [4.78, 5) is 46.9. The van der Waals surface area contributed by atoms with Crippen molar-refractivity contribution in [2.75, 3.05) is 0 Å². The van der Waals surface area contributed by atoms with Gasteiger partial charge in [-0.15, -0.1) is 0 Å². The highest BCUT2D eigenvalue weighted by molar-refractivity contribution is 5.86. The van der Waals surface area contributed by atoms with Gasteiger partial charge < -0.3 is 60.2 Å². The number of aromatic hydroxyl groups is 7. The van der Waals surface area contributed by atoms with Gasteiger partial charge in [0.2, 0.25) is 12.2 Å². The fraction of sp³-hybridized carbons (Fsp3) is 0.282. The monoisotopic (exact) mass is 766 g/mol. The minimum absolute atomic E-state index is 0.0456. The summed E-state index contributed by atoms with van der Waals surface area (Å²) in [6.07, 6.45) is -3.94. The normalized spacial score (nSPS) is 15.0. The summed E-state index contributed by atoms with van der Waals surface area (Å²) >= 11 is 0. The van der Waals surface area contributed by atoms with E-state index >= 15 is 0 Å². The molecule has 16 nitrogen and oxygen atoms in total. The Kier molecular flexibility index (Phi) is 14.5. The Morgan fingerprint density at radius 2 is 1.09 bits per heavy atom. The number of aliphatic carboxylic acids is 2. The van der Waals surface area contributed by atoms with Crippen LogP contribution in [0.1, 0.15) is 67.5 Å². The molecule has 1 heterocycles. The molecule has 0 saturated carbocycles. The Morgan fingerprint density at radius 1 is 0.636 bits per heavy atom. The first kappa shape index (κ1) is 42.6. The predicted molar refractivity (Wildman–Crippen MR) is 192 cm³/mol. The van der Waals surface area contributed by atoms with E-state index in [0.29, 0.717) is 34.2 Å². The van der Waals surface area contributed by atoms with Gasteiger partial charge in [-0.3, -0.25) is 9.59 Å². The fourth-order valence-electron chi connectivity index (χ4n) is 5.56. The van der Waals surface area contributed by atoms with E-state index in [4.69, 9.17) is 19.7 Å². The third-order valence-corrected chi connectivity index (χ3v) is 8.13. The highest BCUT2D eigenvalue weighted by Gasteiger charge is 2.46. The first-order valence-corrected chi connectivity index (χ1v) is 16.9. The standard InChI is InChI=1S/C26H24O10.C11H12O6.C2H6/c1-2-13-4-8-17(29)24-21(13)22(23(36-24)14-5-7-16(28)19(31)11-14)26(34)35-20(25(32)33)10-12-3-6-15(27)18(30)9-12;1-6(12)17-10(11(15)16)5-7-2-3-8(13)9(14)4-7;1-2/h3-9,11,20,22-23,27-31H,2,10H2,1H3,(H,32,33);2-4,10,13-14H,5H2,1H3,(H,15,16);1-2H3. The van der Waals surface area contributed by atoms with E-state index in [-0.39, 0.29) is 47.3 Å². The van der Waals surface area contributed by atoms with E-state index in [2.05, 4.69) is 4.74 Å². The van der Waals surface area contributed by atoms with Crippen LogP contribution in [0.15, 0.2) is 66.7 Å². The van der Waals surface area contributed by atoms with Crippen molar-refractivity contribution in [2.45, 2.75) is 71.2 Å². The fourth-order valence-corrected chi connectivity index (χ4v) is 5.56. The predicted octanol–water partition coefficient (Wildman–Crippen LogP) is 4.92. The number of ether oxygens (including phenoxy) is 3. The highest BCUT2D eigenvalue weighted by atomic mass is 16.6. The third-order valence-electron chi connectivity index (χ3n) is 8.13. The lowest BCUT2D eigenvalue weighted by Crippen LogP contribution is -2.33. The van der Waals surface area contributed by atoms with Crippen molar-refractivity contribution in [2.24, 2.45) is 0 Å². The average molecular weight is 767 g/mol. The molecular formula is C39H42O16. The van der Waals surface area contributed by atoms with Crippen LogP contribution in [-0.4, -0.2) is 82.0 Å². The van der Waals surface area contributed by atoms with E-state index in [9.17, 15) is 54.9 Å². The van der Waals surface area contributed by atoms with Crippen LogP contribution in [0, 0.1) is 0 Å². The van der Waals surface area contributed by atoms with Crippen LogP contribution in [0.5, 0.6) is 46.0 Å². The molecule has 0 amide bonds. The van der Waals surface area contributed by atoms with Gasteiger partial charge >= 0.3 is 23.9 Å². The molecule has 0 spiro atoms. The molecule has 0 radical (unpaired) electrons. The maximum absolute atomic E-state index is 13.5. The third kappa shape index (κ3) is 10.6. The SMILES string of the molecule is CC.CC(=O)OC(Cc1ccc(O)c(O)c1)C(=O)O.CCc1ccc(O)c2c1C(C(=O)OC(Cc1ccc(O)c(O)c1)C(=O)O)C(c1ccc(O)c(O)c1)O2. The number of carboxylic acid groups (broad SMARTS) is 2. The molecule has 0 bridgehead atoms. The summed E-state index contributed by atoms with van der Waals surface area (Å²) in [5, 5.41) is 86.2. The Balaban J connectivity index is 0.000000359. The molecule has 0 aliphatic carbocycles. The Bertz CT molecular complexity index is 2020. The lowest BCUT2D eigenvalue weighted by molar-refractivity contribution is -0.166. The van der Waals surface area contributed by atoms with Crippen LogP contribution in [0.4, 0.5) is 0 Å². The van der Waals surface area contributed by atoms with E-state index < -0.39 is 59.6 Å². The quantitative estimate of drug-likeness (QED) is 0.0724. The number of carboxylic acids is 2. The van der Waals surface area contributed by atoms with Gasteiger partial charge in [0.1, 0.15) is 12.0 Å². The van der Waals surface area contributed by atoms with E-state index in [0.717, 1.165) is 6.92 Å². The lowest BCUT2D eigenvalue weighted by atomic mass is 9.87. The molecule has 0 aromatic heterocycles. The minimum atomic E-state index is -1.64. The molecule has 0 saturated heterocycles. The van der Waals surface area contributed by atoms with Crippen molar-refractivity contribution in [3.05, 3.63) is 94.5 Å². The van der Waals surface area contributed by atoms with E-state index in [1.807, 2.05) is 20.8 Å². The van der Waals surface area contributed by atoms with Gasteiger partial charge in [0.25, 0.3) is 0 Å². The van der Waals surface area contributed by atoms with Gasteiger partial charge in [0, 0.05) is 25.3 Å². The number of benzene rings is 4. The number of esters is 2. The molecule has 4 aromatic carbocycles. The summed E-state index contributed by atoms with van der Waals surface area (Å²) in [6.45, 7) is 6.95. The second-order valence-electron chi connectivity index (χ2n) is 11.9. The van der Waals surface area contributed by atoms with Crippen LogP contribution in [0.2, 0.25) is 0 Å². The lowest BCUT2D eigenvalue weighted by Gasteiger charge is -2.22. The maximum Gasteiger partial charge on any atom is 0.345 e. The number of hydrogen-bond acceptors (Lipinski definition) is 14. The second-order valence-corrected chi connectivity index (χ2v) is 11.9. The van der Waals surface area contributed by atoms with Gasteiger partial charge in [0.05, 0.1) is 0 Å². The van der Waals surface area contributed by atoms with Crippen LogP contribution < -0.4 is 4.74 Å². The van der Waals surface area contributed by atoms with E-state index in [1.165, 1.54) is 60.7 Å². The number of phenols is 7. The number of fused-ring (bicyclic) bond motifs is 1. The Morgan fingerprint density at radius 3 is 1.53 bits per heavy atom. The smallest absolute Gasteiger partial charge is 0.345 e. The van der Waals surface area contributed by atoms with Crippen molar-refractivity contribution in [1.29, 1.82) is 0 Å². The molecular weight excluding hydrogens is 724 g/mol. The van der Waals surface area contributed by atoms with Gasteiger partial charge in [-0.05, 0) is 71.1 Å². The molecule has 1 aliphatic heterocycles. The van der Waals surface area contributed by atoms with Crippen molar-refractivity contribution in [1.82, 2.24) is 0 Å². The molecule has 0 fully saturated rings. The Hall–Kier alpha value is -6.84. The molecule has 16 heteroatoms. The number of phenolic OH excluding ortho intramolecular Hbond substituents is 7. The topological polar surface area (TPSA) is 278 Å². The summed E-state index contributed by atoms with van der Waals surface area (Å²) in [7, 11) is 0. The van der Waals surface area contributed by atoms with Crippen LogP contribution in [0.25, 0.3) is 0 Å². The molecule has 5 rings (SSSR count). The summed E-state index contributed by atoms with van der Waals surface area (Å²) in [5.74, 6) is -8.02. The first-order valence-electron chi connectivity index (χ1n) is 16.9. The molecule has 9 N–H and O–H groups in total. The highest BCUT2D eigenvalue weighted by Crippen LogP contribution is 2.53. The molecule has 4 aromatic rings. The molecule has 1 aliphatic rings. The number of hydrogen-bond donors (Lipinski definition) is 9. The van der Waals surface area contributed by atoms with Crippen molar-refractivity contribution in [3.8, 4) is 46.0 Å². The Labute approximate surface area is 314 Å². The molecule has 55 heavy (non-hydrogen) atoms. The van der Waals surface area contributed by atoms with Gasteiger partial charge in [-0.25, -0.2) is 9.59 Å². The van der Waals surface area contributed by atoms with E-state index in [1.54, 1.807) is 6.07 Å². The van der Waals surface area contributed by atoms with Gasteiger partial charge in [0.15, 0.2) is 46.0 Å². The number of aryl methyl sites for hydroxylation is 1. The summed E-state index contributed by atoms with van der Waals surface area (Å²) < 4.78 is 16.0. The average Bonchev–Trinajstić information content (AvgIpc) is 3.55. The number of carbonyl (C=O) groups excluding carboxylic acids is 2. The zero-order valence-corrected chi connectivity index (χ0v) is 30.2. The molecule has 4 unspecified atom stereocenters. The zero-order chi connectivity index (χ0) is 41.1. The number of carbonyl (C=O) groups is 4. The van der Waals surface area contributed by atoms with Crippen molar-refractivity contribution < 1.29 is 79.3 Å². The summed E-state index contributed by atoms with van der Waals surface area (Å²) in [5.41, 5.74) is 2.05. The first-order chi connectivity index (χ1) is 26.0. The van der Waals surface area contributed by atoms with Crippen molar-refractivity contribution >= 4 is 23.9 Å². The van der Waals surface area contributed by atoms with Gasteiger partial charge in [-0.1, -0.05) is 45.0 Å². The minimum Gasteiger partial charge on any atom is -0.504 e. The maximum atomic E-state index is 13.5. The molecule has 294 valence electrons.